The molecule has 0 spiro atoms. The highest BCUT2D eigenvalue weighted by Crippen LogP contribution is 2.19. The maximum Gasteiger partial charge on any atom is 0.224 e. The van der Waals surface area contributed by atoms with Crippen molar-refractivity contribution in [1.82, 2.24) is 9.55 Å². The third-order valence-electron chi connectivity index (χ3n) is 3.49. The summed E-state index contributed by atoms with van der Waals surface area (Å²) in [5.41, 5.74) is 7.23. The van der Waals surface area contributed by atoms with Crippen LogP contribution in [0.4, 0.5) is 5.95 Å². The third-order valence-corrected chi connectivity index (χ3v) is 3.49. The number of benzene rings is 2. The van der Waals surface area contributed by atoms with Gasteiger partial charge in [-0.25, -0.2) is 10.4 Å². The third kappa shape index (κ3) is 2.65. The molecule has 21 heavy (non-hydrogen) atoms. The molecule has 3 aromatic rings. The molecule has 0 amide bonds. The number of nitrogens with zero attached hydrogens (tertiary/aromatic N) is 3. The Morgan fingerprint density at radius 2 is 1.81 bits per heavy atom. The summed E-state index contributed by atoms with van der Waals surface area (Å²) in [4.78, 5) is 4.59. The molecule has 0 saturated carbocycles. The van der Waals surface area contributed by atoms with E-state index in [0.717, 1.165) is 34.8 Å². The van der Waals surface area contributed by atoms with Gasteiger partial charge in [0.05, 0.1) is 16.7 Å². The summed E-state index contributed by atoms with van der Waals surface area (Å²) >= 11 is 0. The lowest BCUT2D eigenvalue weighted by atomic mass is 10.1. The number of imidazole rings is 1. The molecular formula is C17H18N4. The molecule has 3 rings (SSSR count). The Morgan fingerprint density at radius 3 is 2.57 bits per heavy atom. The van der Waals surface area contributed by atoms with Gasteiger partial charge in [0.15, 0.2) is 0 Å². The number of rotatable bonds is 4. The minimum Gasteiger partial charge on any atom is -0.309 e. The lowest BCUT2D eigenvalue weighted by Crippen LogP contribution is -2.05. The Balaban J connectivity index is 1.92. The van der Waals surface area contributed by atoms with Crippen LogP contribution in [0.2, 0.25) is 0 Å². The molecule has 1 aromatic heterocycles. The molecule has 4 nitrogen and oxygen atoms in total. The highest BCUT2D eigenvalue weighted by molar-refractivity contribution is 5.99. The molecule has 0 saturated heterocycles. The second-order valence-electron chi connectivity index (χ2n) is 4.84. The molecule has 0 aliphatic carbocycles. The fourth-order valence-corrected chi connectivity index (χ4v) is 2.36. The molecule has 0 bridgehead atoms. The second-order valence-corrected chi connectivity index (χ2v) is 4.84. The van der Waals surface area contributed by atoms with Crippen molar-refractivity contribution in [1.29, 1.82) is 0 Å². The largest absolute Gasteiger partial charge is 0.309 e. The smallest absolute Gasteiger partial charge is 0.224 e. The number of aromatic nitrogens is 2. The molecule has 0 radical (unpaired) electrons. The average molecular weight is 278 g/mol. The topological polar surface area (TPSA) is 42.2 Å². The van der Waals surface area contributed by atoms with Crippen LogP contribution in [-0.2, 0) is 6.54 Å². The first-order chi connectivity index (χ1) is 10.3. The molecule has 1 N–H and O–H groups in total. The quantitative estimate of drug-likeness (QED) is 0.581. The normalized spacial score (nSPS) is 11.8. The lowest BCUT2D eigenvalue weighted by molar-refractivity contribution is 0.791. The number of hydrogen-bond donors (Lipinski definition) is 1. The summed E-state index contributed by atoms with van der Waals surface area (Å²) < 4.78 is 2.12. The fourth-order valence-electron chi connectivity index (χ4n) is 2.36. The zero-order valence-corrected chi connectivity index (χ0v) is 12.2. The Morgan fingerprint density at radius 1 is 1.10 bits per heavy atom. The first-order valence-corrected chi connectivity index (χ1v) is 7.10. The van der Waals surface area contributed by atoms with Crippen LogP contribution in [0.1, 0.15) is 19.4 Å². The Labute approximate surface area is 124 Å². The highest BCUT2D eigenvalue weighted by Gasteiger charge is 2.08. The molecular weight excluding hydrogens is 260 g/mol. The number of hydrazone groups is 1. The van der Waals surface area contributed by atoms with Gasteiger partial charge in [-0.1, -0.05) is 42.5 Å². The zero-order chi connectivity index (χ0) is 14.7. The van der Waals surface area contributed by atoms with Crippen molar-refractivity contribution < 1.29 is 0 Å². The van der Waals surface area contributed by atoms with E-state index in [1.807, 2.05) is 55.5 Å². The Bertz CT molecular complexity index is 772. The van der Waals surface area contributed by atoms with Crippen molar-refractivity contribution in [3.8, 4) is 0 Å². The van der Waals surface area contributed by atoms with Gasteiger partial charge in [-0.05, 0) is 31.5 Å². The van der Waals surface area contributed by atoms with E-state index in [1.165, 1.54) is 0 Å². The van der Waals surface area contributed by atoms with E-state index >= 15 is 0 Å². The van der Waals surface area contributed by atoms with E-state index < -0.39 is 0 Å². The first-order valence-electron chi connectivity index (χ1n) is 7.10. The van der Waals surface area contributed by atoms with E-state index in [1.54, 1.807) is 0 Å². The van der Waals surface area contributed by atoms with E-state index in [-0.39, 0.29) is 0 Å². The van der Waals surface area contributed by atoms with E-state index in [9.17, 15) is 0 Å². The molecule has 2 aromatic carbocycles. The Hall–Kier alpha value is -2.62. The van der Waals surface area contributed by atoms with Crippen molar-refractivity contribution in [3.05, 3.63) is 60.2 Å². The number of anilines is 1. The van der Waals surface area contributed by atoms with Gasteiger partial charge in [-0.15, -0.1) is 0 Å². The van der Waals surface area contributed by atoms with Crippen LogP contribution in [0.25, 0.3) is 11.0 Å². The summed E-state index contributed by atoms with van der Waals surface area (Å²) in [7, 11) is 0. The maximum atomic E-state index is 4.59. The van der Waals surface area contributed by atoms with Crippen LogP contribution in [0.3, 0.4) is 0 Å². The molecule has 0 aliphatic rings. The van der Waals surface area contributed by atoms with Crippen molar-refractivity contribution in [2.45, 2.75) is 20.4 Å². The van der Waals surface area contributed by atoms with Crippen LogP contribution in [0, 0.1) is 0 Å². The van der Waals surface area contributed by atoms with E-state index in [4.69, 9.17) is 0 Å². The summed E-state index contributed by atoms with van der Waals surface area (Å²) in [6.07, 6.45) is 0. The van der Waals surface area contributed by atoms with Crippen molar-refractivity contribution in [2.24, 2.45) is 5.10 Å². The van der Waals surface area contributed by atoms with Crippen molar-refractivity contribution in [3.63, 3.8) is 0 Å². The first kappa shape index (κ1) is 13.4. The minimum atomic E-state index is 0.772. The molecule has 0 aliphatic heterocycles. The predicted molar refractivity (Wildman–Crippen MR) is 87.7 cm³/mol. The molecule has 0 fully saturated rings. The number of aryl methyl sites for hydroxylation is 1. The molecule has 4 heteroatoms. The summed E-state index contributed by atoms with van der Waals surface area (Å²) in [6.45, 7) is 4.94. The molecule has 0 atom stereocenters. The molecule has 106 valence electrons. The SMILES string of the molecule is CCn1c(N/N=C(\C)c2ccccc2)nc2ccccc21. The zero-order valence-electron chi connectivity index (χ0n) is 12.2. The Kier molecular flexibility index (Phi) is 3.69. The van der Waals surface area contributed by atoms with Crippen LogP contribution < -0.4 is 5.43 Å². The maximum absolute atomic E-state index is 4.59. The average Bonchev–Trinajstić information content (AvgIpc) is 2.91. The summed E-state index contributed by atoms with van der Waals surface area (Å²) in [5.74, 6) is 0.772. The van der Waals surface area contributed by atoms with Gasteiger partial charge in [0, 0.05) is 6.54 Å². The van der Waals surface area contributed by atoms with Gasteiger partial charge < -0.3 is 4.57 Å². The standard InChI is InChI=1S/C17H18N4/c1-3-21-16-12-8-7-11-15(16)18-17(21)20-19-13(2)14-9-5-4-6-10-14/h4-12H,3H2,1-2H3,(H,18,20)/b19-13+. The van der Waals surface area contributed by atoms with Gasteiger partial charge >= 0.3 is 0 Å². The van der Waals surface area contributed by atoms with Crippen LogP contribution >= 0.6 is 0 Å². The van der Waals surface area contributed by atoms with Gasteiger partial charge in [-0.2, -0.15) is 5.10 Å². The van der Waals surface area contributed by atoms with E-state index in [2.05, 4.69) is 33.1 Å². The van der Waals surface area contributed by atoms with Gasteiger partial charge in [0.2, 0.25) is 5.95 Å². The number of para-hydroxylation sites is 2. The van der Waals surface area contributed by atoms with Crippen LogP contribution in [0.5, 0.6) is 0 Å². The fraction of sp³-hybridized carbons (Fsp3) is 0.176. The lowest BCUT2D eigenvalue weighted by Gasteiger charge is -2.06. The second kappa shape index (κ2) is 5.79. The number of hydrogen-bond acceptors (Lipinski definition) is 3. The van der Waals surface area contributed by atoms with Gasteiger partial charge in [0.25, 0.3) is 0 Å². The number of nitrogens with one attached hydrogen (secondary N) is 1. The summed E-state index contributed by atoms with van der Waals surface area (Å²) in [6, 6.07) is 18.2. The van der Waals surface area contributed by atoms with Gasteiger partial charge in [0.1, 0.15) is 0 Å². The van der Waals surface area contributed by atoms with Gasteiger partial charge in [-0.3, -0.25) is 0 Å². The molecule has 1 heterocycles. The van der Waals surface area contributed by atoms with E-state index in [0.29, 0.717) is 0 Å². The molecule has 0 unspecified atom stereocenters. The minimum absolute atomic E-state index is 0.772. The van der Waals surface area contributed by atoms with Crippen LogP contribution in [0.15, 0.2) is 59.7 Å². The van der Waals surface area contributed by atoms with Crippen molar-refractivity contribution in [2.75, 3.05) is 5.43 Å². The van der Waals surface area contributed by atoms with Crippen molar-refractivity contribution >= 4 is 22.7 Å². The van der Waals surface area contributed by atoms with Crippen LogP contribution in [-0.4, -0.2) is 15.3 Å². The highest BCUT2D eigenvalue weighted by atomic mass is 15.4. The predicted octanol–water partition coefficient (Wildman–Crippen LogP) is 3.89. The number of fused-ring (bicyclic) bond motifs is 1. The summed E-state index contributed by atoms with van der Waals surface area (Å²) in [5, 5.41) is 4.45. The monoisotopic (exact) mass is 278 g/mol.